The molecule has 5 heteroatoms. The van der Waals surface area contributed by atoms with Gasteiger partial charge in [-0.05, 0) is 65.2 Å². The minimum absolute atomic E-state index is 0.192. The Morgan fingerprint density at radius 1 is 1.27 bits per heavy atom. The maximum absolute atomic E-state index is 12.3. The normalized spacial score (nSPS) is 10.4. The summed E-state index contributed by atoms with van der Waals surface area (Å²) in [5, 5.41) is 3.46. The van der Waals surface area contributed by atoms with E-state index >= 15 is 0 Å². The second-order valence-corrected chi connectivity index (χ2v) is 6.17. The van der Waals surface area contributed by atoms with Crippen LogP contribution in [0.25, 0.3) is 0 Å². The van der Waals surface area contributed by atoms with E-state index in [0.717, 1.165) is 22.2 Å². The summed E-state index contributed by atoms with van der Waals surface area (Å²) in [5.41, 5.74) is 2.19. The molecule has 0 aromatic heterocycles. The molecule has 116 valence electrons. The van der Waals surface area contributed by atoms with Crippen molar-refractivity contribution in [1.82, 2.24) is 0 Å². The molecule has 0 aliphatic carbocycles. The highest BCUT2D eigenvalue weighted by atomic mass is 79.9. The zero-order chi connectivity index (χ0) is 16.1. The predicted octanol–water partition coefficient (Wildman–Crippen LogP) is 5.45. The molecule has 22 heavy (non-hydrogen) atoms. The van der Waals surface area contributed by atoms with Crippen LogP contribution in [0.1, 0.15) is 29.3 Å². The van der Waals surface area contributed by atoms with E-state index in [0.29, 0.717) is 22.9 Å². The molecule has 0 unspecified atom stereocenters. The zero-order valence-electron chi connectivity index (χ0n) is 12.5. The minimum Gasteiger partial charge on any atom is -0.492 e. The number of hydrogen-bond donors (Lipinski definition) is 1. The smallest absolute Gasteiger partial charge is 0.255 e. The molecule has 0 atom stereocenters. The average Bonchev–Trinajstić information content (AvgIpc) is 2.49. The number of carbonyl (C=O) groups excluding carboxylic acids is 1. The van der Waals surface area contributed by atoms with Gasteiger partial charge in [-0.25, -0.2) is 0 Å². The number of benzene rings is 2. The molecule has 2 rings (SSSR count). The van der Waals surface area contributed by atoms with Crippen LogP contribution in [0.5, 0.6) is 5.75 Å². The van der Waals surface area contributed by atoms with E-state index < -0.39 is 0 Å². The van der Waals surface area contributed by atoms with Gasteiger partial charge in [0.2, 0.25) is 0 Å². The lowest BCUT2D eigenvalue weighted by atomic mass is 10.2. The van der Waals surface area contributed by atoms with Gasteiger partial charge in [0, 0.05) is 16.3 Å². The first kappa shape index (κ1) is 16.8. The van der Waals surface area contributed by atoms with E-state index in [2.05, 4.69) is 21.2 Å². The third-order valence-electron chi connectivity index (χ3n) is 3.09. The number of aryl methyl sites for hydroxylation is 1. The van der Waals surface area contributed by atoms with Crippen LogP contribution in [0.4, 0.5) is 5.69 Å². The minimum atomic E-state index is -0.192. The lowest BCUT2D eigenvalue weighted by molar-refractivity contribution is 0.102. The van der Waals surface area contributed by atoms with Crippen molar-refractivity contribution in [3.05, 3.63) is 57.0 Å². The Hall–Kier alpha value is -1.52. The van der Waals surface area contributed by atoms with Gasteiger partial charge < -0.3 is 10.1 Å². The summed E-state index contributed by atoms with van der Waals surface area (Å²) in [5.74, 6) is 0.541. The van der Waals surface area contributed by atoms with Crippen molar-refractivity contribution in [3.63, 3.8) is 0 Å². The first-order valence-electron chi connectivity index (χ1n) is 7.01. The van der Waals surface area contributed by atoms with Crippen LogP contribution in [-0.2, 0) is 0 Å². The Morgan fingerprint density at radius 3 is 2.68 bits per heavy atom. The Morgan fingerprint density at radius 2 is 2.05 bits per heavy atom. The number of anilines is 1. The van der Waals surface area contributed by atoms with Crippen LogP contribution < -0.4 is 10.1 Å². The van der Waals surface area contributed by atoms with E-state index in [-0.39, 0.29) is 5.91 Å². The maximum atomic E-state index is 12.3. The number of rotatable bonds is 5. The van der Waals surface area contributed by atoms with Crippen molar-refractivity contribution < 1.29 is 9.53 Å². The van der Waals surface area contributed by atoms with Crippen molar-refractivity contribution in [2.45, 2.75) is 20.3 Å². The molecular formula is C17H17BrClNO2. The van der Waals surface area contributed by atoms with Crippen LogP contribution >= 0.6 is 27.5 Å². The number of amides is 1. The van der Waals surface area contributed by atoms with E-state index in [9.17, 15) is 4.79 Å². The fraction of sp³-hybridized carbons (Fsp3) is 0.235. The number of ether oxygens (including phenoxy) is 1. The molecule has 0 aliphatic heterocycles. The van der Waals surface area contributed by atoms with Crippen LogP contribution in [0.3, 0.4) is 0 Å². The molecule has 2 aromatic carbocycles. The van der Waals surface area contributed by atoms with Gasteiger partial charge in [-0.1, -0.05) is 24.6 Å². The second kappa shape index (κ2) is 7.65. The van der Waals surface area contributed by atoms with E-state index in [1.54, 1.807) is 24.3 Å². The van der Waals surface area contributed by atoms with Gasteiger partial charge >= 0.3 is 0 Å². The fourth-order valence-electron chi connectivity index (χ4n) is 1.85. The molecule has 2 aromatic rings. The van der Waals surface area contributed by atoms with Gasteiger partial charge in [0.1, 0.15) is 5.75 Å². The highest BCUT2D eigenvalue weighted by molar-refractivity contribution is 9.10. The predicted molar refractivity (Wildman–Crippen MR) is 94.1 cm³/mol. The van der Waals surface area contributed by atoms with Gasteiger partial charge in [-0.2, -0.15) is 0 Å². The Labute approximate surface area is 143 Å². The van der Waals surface area contributed by atoms with E-state index in [1.807, 2.05) is 26.0 Å². The lowest BCUT2D eigenvalue weighted by Gasteiger charge is -2.10. The van der Waals surface area contributed by atoms with Gasteiger partial charge in [0.05, 0.1) is 11.1 Å². The number of halogens is 2. The summed E-state index contributed by atoms with van der Waals surface area (Å²) >= 11 is 9.49. The molecule has 3 nitrogen and oxygen atoms in total. The van der Waals surface area contributed by atoms with Gasteiger partial charge in [-0.3, -0.25) is 4.79 Å². The topological polar surface area (TPSA) is 38.3 Å². The third kappa shape index (κ3) is 4.24. The molecule has 0 fully saturated rings. The molecule has 0 spiro atoms. The summed E-state index contributed by atoms with van der Waals surface area (Å²) in [6.45, 7) is 4.61. The summed E-state index contributed by atoms with van der Waals surface area (Å²) in [6, 6.07) is 10.7. The van der Waals surface area contributed by atoms with Crippen molar-refractivity contribution >= 4 is 39.1 Å². The molecule has 0 aliphatic rings. The Bertz CT molecular complexity index is 688. The molecular weight excluding hydrogens is 366 g/mol. The summed E-state index contributed by atoms with van der Waals surface area (Å²) in [4.78, 5) is 12.3. The largest absolute Gasteiger partial charge is 0.492 e. The Balaban J connectivity index is 2.12. The Kier molecular flexibility index (Phi) is 5.86. The van der Waals surface area contributed by atoms with Crippen LogP contribution in [-0.4, -0.2) is 12.5 Å². The van der Waals surface area contributed by atoms with Gasteiger partial charge in [0.25, 0.3) is 5.91 Å². The standard InChI is InChI=1S/C17H17BrClNO2/c1-3-8-22-16-7-5-12(9-14(16)18)17(21)20-13-6-4-11(2)15(19)10-13/h4-7,9-10H,3,8H2,1-2H3,(H,20,21). The quantitative estimate of drug-likeness (QED) is 0.746. The lowest BCUT2D eigenvalue weighted by Crippen LogP contribution is -2.12. The van der Waals surface area contributed by atoms with Crippen LogP contribution in [0, 0.1) is 6.92 Å². The number of carbonyl (C=O) groups is 1. The first-order chi connectivity index (χ1) is 10.5. The second-order valence-electron chi connectivity index (χ2n) is 4.91. The third-order valence-corrected chi connectivity index (χ3v) is 4.11. The molecule has 0 saturated heterocycles. The van der Waals surface area contributed by atoms with Crippen molar-refractivity contribution in [3.8, 4) is 5.75 Å². The average molecular weight is 383 g/mol. The van der Waals surface area contributed by atoms with Crippen molar-refractivity contribution in [2.75, 3.05) is 11.9 Å². The summed E-state index contributed by atoms with van der Waals surface area (Å²) < 4.78 is 6.33. The molecule has 1 N–H and O–H groups in total. The molecule has 1 amide bonds. The molecule has 0 saturated carbocycles. The molecule has 0 radical (unpaired) electrons. The van der Waals surface area contributed by atoms with Gasteiger partial charge in [-0.15, -0.1) is 0 Å². The first-order valence-corrected chi connectivity index (χ1v) is 8.18. The monoisotopic (exact) mass is 381 g/mol. The van der Waals surface area contributed by atoms with Gasteiger partial charge in [0.15, 0.2) is 0 Å². The van der Waals surface area contributed by atoms with Crippen molar-refractivity contribution in [1.29, 1.82) is 0 Å². The molecule has 0 heterocycles. The number of nitrogens with one attached hydrogen (secondary N) is 1. The molecule has 0 bridgehead atoms. The van der Waals surface area contributed by atoms with Crippen LogP contribution in [0.2, 0.25) is 5.02 Å². The highest BCUT2D eigenvalue weighted by Crippen LogP contribution is 2.27. The van der Waals surface area contributed by atoms with Crippen LogP contribution in [0.15, 0.2) is 40.9 Å². The van der Waals surface area contributed by atoms with E-state index in [4.69, 9.17) is 16.3 Å². The maximum Gasteiger partial charge on any atom is 0.255 e. The fourth-order valence-corrected chi connectivity index (χ4v) is 2.52. The number of hydrogen-bond acceptors (Lipinski definition) is 2. The zero-order valence-corrected chi connectivity index (χ0v) is 14.8. The highest BCUT2D eigenvalue weighted by Gasteiger charge is 2.10. The SMILES string of the molecule is CCCOc1ccc(C(=O)Nc2ccc(C)c(Cl)c2)cc1Br. The summed E-state index contributed by atoms with van der Waals surface area (Å²) in [7, 11) is 0. The summed E-state index contributed by atoms with van der Waals surface area (Å²) in [6.07, 6.45) is 0.933. The van der Waals surface area contributed by atoms with Crippen molar-refractivity contribution in [2.24, 2.45) is 0 Å². The van der Waals surface area contributed by atoms with E-state index in [1.165, 1.54) is 0 Å².